The highest BCUT2D eigenvalue weighted by Gasteiger charge is 2.13. The zero-order valence-corrected chi connectivity index (χ0v) is 8.07. The van der Waals surface area contributed by atoms with Crippen molar-refractivity contribution in [2.24, 2.45) is 0 Å². The Kier molecular flexibility index (Phi) is 3.22. The number of carbonyl (C=O) groups excluding carboxylic acids is 1. The molecule has 0 aliphatic rings. The van der Waals surface area contributed by atoms with Crippen molar-refractivity contribution >= 4 is 11.9 Å². The maximum atomic E-state index is 11.4. The van der Waals surface area contributed by atoms with Gasteiger partial charge in [0.25, 0.3) is 5.91 Å². The molecule has 0 aromatic carbocycles. The van der Waals surface area contributed by atoms with Gasteiger partial charge in [0, 0.05) is 6.54 Å². The standard InChI is InChI=1S/C8H12N4O2/c1-3-10-7(13)6-5(14-2)4-11-8(9)12-6/h4H,3H2,1-2H3,(H,10,13)(H2,9,11,12). The second-order valence-corrected chi connectivity index (χ2v) is 2.50. The van der Waals surface area contributed by atoms with Crippen LogP contribution in [0.15, 0.2) is 6.20 Å². The molecule has 0 unspecified atom stereocenters. The second-order valence-electron chi connectivity index (χ2n) is 2.50. The van der Waals surface area contributed by atoms with Gasteiger partial charge in [-0.05, 0) is 6.92 Å². The number of methoxy groups -OCH3 is 1. The minimum absolute atomic E-state index is 0.0482. The van der Waals surface area contributed by atoms with Crippen LogP contribution in [0.4, 0.5) is 5.95 Å². The van der Waals surface area contributed by atoms with Crippen LogP contribution in [0.1, 0.15) is 17.4 Å². The lowest BCUT2D eigenvalue weighted by Crippen LogP contribution is -2.24. The molecule has 0 bridgehead atoms. The van der Waals surface area contributed by atoms with Crippen LogP contribution in [0.5, 0.6) is 5.75 Å². The number of nitrogens with two attached hydrogens (primary N) is 1. The fourth-order valence-corrected chi connectivity index (χ4v) is 0.941. The average molecular weight is 196 g/mol. The van der Waals surface area contributed by atoms with Gasteiger partial charge in [0.2, 0.25) is 5.95 Å². The molecule has 0 aliphatic heterocycles. The van der Waals surface area contributed by atoms with E-state index in [0.29, 0.717) is 12.3 Å². The van der Waals surface area contributed by atoms with E-state index in [2.05, 4.69) is 15.3 Å². The second kappa shape index (κ2) is 4.40. The number of hydrogen-bond donors (Lipinski definition) is 2. The van der Waals surface area contributed by atoms with Crippen LogP contribution in [0.3, 0.4) is 0 Å². The highest BCUT2D eigenvalue weighted by atomic mass is 16.5. The molecule has 14 heavy (non-hydrogen) atoms. The molecule has 0 aliphatic carbocycles. The van der Waals surface area contributed by atoms with Crippen molar-refractivity contribution in [1.82, 2.24) is 15.3 Å². The summed E-state index contributed by atoms with van der Waals surface area (Å²) < 4.78 is 4.93. The Balaban J connectivity index is 3.03. The van der Waals surface area contributed by atoms with Crippen molar-refractivity contribution in [2.45, 2.75) is 6.92 Å². The maximum absolute atomic E-state index is 11.4. The van der Waals surface area contributed by atoms with Crippen LogP contribution in [-0.2, 0) is 0 Å². The summed E-state index contributed by atoms with van der Waals surface area (Å²) in [4.78, 5) is 18.9. The summed E-state index contributed by atoms with van der Waals surface area (Å²) in [5.41, 5.74) is 5.51. The van der Waals surface area contributed by atoms with Crippen molar-refractivity contribution in [3.63, 3.8) is 0 Å². The van der Waals surface area contributed by atoms with Crippen LogP contribution in [0.25, 0.3) is 0 Å². The first-order chi connectivity index (χ1) is 6.69. The van der Waals surface area contributed by atoms with Gasteiger partial charge in [0.05, 0.1) is 13.3 Å². The van der Waals surface area contributed by atoms with E-state index < -0.39 is 0 Å². The first kappa shape index (κ1) is 10.2. The van der Waals surface area contributed by atoms with Gasteiger partial charge in [-0.3, -0.25) is 4.79 Å². The third-order valence-electron chi connectivity index (χ3n) is 1.55. The Morgan fingerprint density at radius 1 is 1.71 bits per heavy atom. The van der Waals surface area contributed by atoms with Crippen molar-refractivity contribution in [3.8, 4) is 5.75 Å². The Hall–Kier alpha value is -1.85. The Morgan fingerprint density at radius 3 is 3.00 bits per heavy atom. The molecule has 0 fully saturated rings. The number of ether oxygens (including phenoxy) is 1. The van der Waals surface area contributed by atoms with E-state index in [4.69, 9.17) is 10.5 Å². The quantitative estimate of drug-likeness (QED) is 0.699. The minimum Gasteiger partial charge on any atom is -0.493 e. The zero-order valence-electron chi connectivity index (χ0n) is 8.07. The fourth-order valence-electron chi connectivity index (χ4n) is 0.941. The molecule has 1 amide bonds. The van der Waals surface area contributed by atoms with E-state index in [1.54, 1.807) is 0 Å². The molecule has 0 saturated heterocycles. The molecule has 1 aromatic heterocycles. The summed E-state index contributed by atoms with van der Waals surface area (Å²) in [5.74, 6) is 0.0376. The van der Waals surface area contributed by atoms with E-state index in [1.165, 1.54) is 13.3 Å². The number of nitrogens with one attached hydrogen (secondary N) is 1. The average Bonchev–Trinajstić information content (AvgIpc) is 2.18. The maximum Gasteiger partial charge on any atom is 0.273 e. The zero-order chi connectivity index (χ0) is 10.6. The first-order valence-corrected chi connectivity index (χ1v) is 4.13. The lowest BCUT2D eigenvalue weighted by Gasteiger charge is -2.06. The molecule has 3 N–H and O–H groups in total. The molecule has 0 radical (unpaired) electrons. The molecule has 6 heteroatoms. The SMILES string of the molecule is CCNC(=O)c1nc(N)ncc1OC. The summed E-state index contributed by atoms with van der Waals surface area (Å²) in [6.07, 6.45) is 1.37. The third kappa shape index (κ3) is 2.09. The van der Waals surface area contributed by atoms with Crippen molar-refractivity contribution in [1.29, 1.82) is 0 Å². The number of nitrogens with zero attached hydrogens (tertiary/aromatic N) is 2. The highest BCUT2D eigenvalue weighted by Crippen LogP contribution is 2.14. The molecule has 0 atom stereocenters. The Bertz CT molecular complexity index is 340. The van der Waals surface area contributed by atoms with Crippen LogP contribution >= 0.6 is 0 Å². The molecule has 0 spiro atoms. The van der Waals surface area contributed by atoms with Gasteiger partial charge >= 0.3 is 0 Å². The van der Waals surface area contributed by atoms with Crippen molar-refractivity contribution < 1.29 is 9.53 Å². The van der Waals surface area contributed by atoms with Crippen molar-refractivity contribution in [2.75, 3.05) is 19.4 Å². The van der Waals surface area contributed by atoms with E-state index in [1.807, 2.05) is 6.92 Å². The largest absolute Gasteiger partial charge is 0.493 e. The monoisotopic (exact) mass is 196 g/mol. The number of anilines is 1. The van der Waals surface area contributed by atoms with Crippen LogP contribution in [0, 0.1) is 0 Å². The van der Waals surface area contributed by atoms with Gasteiger partial charge in [-0.2, -0.15) is 0 Å². The third-order valence-corrected chi connectivity index (χ3v) is 1.55. The van der Waals surface area contributed by atoms with Gasteiger partial charge in [-0.25, -0.2) is 9.97 Å². The number of nitrogen functional groups attached to an aromatic ring is 1. The predicted molar refractivity (Wildman–Crippen MR) is 51.0 cm³/mol. The van der Waals surface area contributed by atoms with Crippen LogP contribution < -0.4 is 15.8 Å². The highest BCUT2D eigenvalue weighted by molar-refractivity contribution is 5.95. The van der Waals surface area contributed by atoms with Crippen LogP contribution in [-0.4, -0.2) is 29.5 Å². The van der Waals surface area contributed by atoms with Crippen molar-refractivity contribution in [3.05, 3.63) is 11.9 Å². The van der Waals surface area contributed by atoms with E-state index in [-0.39, 0.29) is 17.5 Å². The molecule has 1 heterocycles. The molecular formula is C8H12N4O2. The van der Waals surface area contributed by atoms with Gasteiger partial charge in [-0.15, -0.1) is 0 Å². The summed E-state index contributed by atoms with van der Waals surface area (Å²) in [7, 11) is 1.44. The summed E-state index contributed by atoms with van der Waals surface area (Å²) >= 11 is 0. The number of carbonyl (C=O) groups is 1. The van der Waals surface area contributed by atoms with E-state index in [9.17, 15) is 4.79 Å². The molecular weight excluding hydrogens is 184 g/mol. The van der Waals surface area contributed by atoms with E-state index >= 15 is 0 Å². The smallest absolute Gasteiger partial charge is 0.273 e. The number of aromatic nitrogens is 2. The molecule has 1 rings (SSSR count). The summed E-state index contributed by atoms with van der Waals surface area (Å²) in [5, 5.41) is 2.60. The Morgan fingerprint density at radius 2 is 2.43 bits per heavy atom. The van der Waals surface area contributed by atoms with Crippen LogP contribution in [0.2, 0.25) is 0 Å². The fraction of sp³-hybridized carbons (Fsp3) is 0.375. The van der Waals surface area contributed by atoms with E-state index in [0.717, 1.165) is 0 Å². The van der Waals surface area contributed by atoms with Gasteiger partial charge in [-0.1, -0.05) is 0 Å². The summed E-state index contributed by atoms with van der Waals surface area (Å²) in [6, 6.07) is 0. The number of amides is 1. The molecule has 0 saturated carbocycles. The topological polar surface area (TPSA) is 90.1 Å². The minimum atomic E-state index is -0.321. The number of rotatable bonds is 3. The molecule has 1 aromatic rings. The summed E-state index contributed by atoms with van der Waals surface area (Å²) in [6.45, 7) is 2.33. The number of hydrogen-bond acceptors (Lipinski definition) is 5. The van der Waals surface area contributed by atoms with Gasteiger partial charge in [0.1, 0.15) is 0 Å². The normalized spacial score (nSPS) is 9.57. The predicted octanol–water partition coefficient (Wildman–Crippen LogP) is -0.183. The molecule has 76 valence electrons. The van der Waals surface area contributed by atoms with Gasteiger partial charge in [0.15, 0.2) is 11.4 Å². The molecule has 6 nitrogen and oxygen atoms in total. The first-order valence-electron chi connectivity index (χ1n) is 4.13. The lowest BCUT2D eigenvalue weighted by molar-refractivity contribution is 0.0947. The van der Waals surface area contributed by atoms with Gasteiger partial charge < -0.3 is 15.8 Å². The Labute approximate surface area is 81.5 Å². The lowest BCUT2D eigenvalue weighted by atomic mass is 10.3.